The zero-order chi connectivity index (χ0) is 17.9. The topological polar surface area (TPSA) is 32.3 Å². The third-order valence-corrected chi connectivity index (χ3v) is 5.25. The van der Waals surface area contributed by atoms with Crippen LogP contribution in [0.4, 0.5) is 11.4 Å². The Kier molecular flexibility index (Phi) is 4.81. The Morgan fingerprint density at radius 2 is 1.62 bits per heavy atom. The average Bonchev–Trinajstić information content (AvgIpc) is 2.68. The second-order valence-corrected chi connectivity index (χ2v) is 7.07. The summed E-state index contributed by atoms with van der Waals surface area (Å²) in [5.41, 5.74) is 2.38. The second kappa shape index (κ2) is 7.38. The molecule has 0 spiro atoms. The molecule has 0 bridgehead atoms. The third-order valence-electron chi connectivity index (χ3n) is 4.94. The van der Waals surface area contributed by atoms with Gasteiger partial charge in [0.15, 0.2) is 0 Å². The lowest BCUT2D eigenvalue weighted by Gasteiger charge is -2.31. The summed E-state index contributed by atoms with van der Waals surface area (Å²) in [6.07, 6.45) is 3.56. The fourth-order valence-corrected chi connectivity index (χ4v) is 3.96. The fraction of sp³-hybridized carbons (Fsp3) is 0.227. The Balaban J connectivity index is 1.69. The minimum atomic E-state index is -0.109. The number of para-hydroxylation sites is 1. The van der Waals surface area contributed by atoms with Crippen LogP contribution in [0.3, 0.4) is 0 Å². The van der Waals surface area contributed by atoms with Crippen molar-refractivity contribution < 1.29 is 4.79 Å². The molecule has 4 heteroatoms. The van der Waals surface area contributed by atoms with Crippen LogP contribution in [0.2, 0.25) is 5.02 Å². The number of nitrogens with one attached hydrogen (secondary N) is 1. The van der Waals surface area contributed by atoms with Crippen LogP contribution in [0.1, 0.15) is 29.6 Å². The first-order valence-corrected chi connectivity index (χ1v) is 9.44. The molecule has 0 radical (unpaired) electrons. The molecule has 0 unspecified atom stereocenters. The van der Waals surface area contributed by atoms with Crippen LogP contribution in [0.25, 0.3) is 10.8 Å². The maximum atomic E-state index is 13.0. The van der Waals surface area contributed by atoms with Crippen LogP contribution in [0.5, 0.6) is 0 Å². The molecule has 3 nitrogen and oxygen atoms in total. The predicted molar refractivity (Wildman–Crippen MR) is 109 cm³/mol. The molecule has 26 heavy (non-hydrogen) atoms. The van der Waals surface area contributed by atoms with E-state index < -0.39 is 0 Å². The molecule has 1 aliphatic heterocycles. The minimum absolute atomic E-state index is 0.109. The Morgan fingerprint density at radius 3 is 2.46 bits per heavy atom. The van der Waals surface area contributed by atoms with E-state index in [1.54, 1.807) is 0 Å². The molecule has 0 aliphatic carbocycles. The van der Waals surface area contributed by atoms with Crippen LogP contribution in [-0.2, 0) is 0 Å². The van der Waals surface area contributed by atoms with E-state index in [4.69, 9.17) is 11.6 Å². The number of piperidine rings is 1. The molecule has 1 aliphatic rings. The van der Waals surface area contributed by atoms with Gasteiger partial charge in [0, 0.05) is 18.7 Å². The van der Waals surface area contributed by atoms with Crippen molar-refractivity contribution >= 4 is 39.7 Å². The summed E-state index contributed by atoms with van der Waals surface area (Å²) < 4.78 is 0. The van der Waals surface area contributed by atoms with Gasteiger partial charge in [-0.3, -0.25) is 4.79 Å². The Hall–Kier alpha value is -2.52. The minimum Gasteiger partial charge on any atom is -0.369 e. The molecule has 132 valence electrons. The monoisotopic (exact) mass is 364 g/mol. The molecule has 3 aromatic rings. The smallest absolute Gasteiger partial charge is 0.256 e. The van der Waals surface area contributed by atoms with Gasteiger partial charge in [-0.25, -0.2) is 0 Å². The van der Waals surface area contributed by atoms with E-state index in [-0.39, 0.29) is 5.91 Å². The first-order chi connectivity index (χ1) is 12.7. The van der Waals surface area contributed by atoms with Crippen molar-refractivity contribution in [3.05, 3.63) is 71.2 Å². The molecular weight excluding hydrogens is 344 g/mol. The van der Waals surface area contributed by atoms with Crippen LogP contribution in [-0.4, -0.2) is 19.0 Å². The molecule has 1 N–H and O–H groups in total. The highest BCUT2D eigenvalue weighted by Gasteiger charge is 2.19. The number of nitrogens with zero attached hydrogens (tertiary/aromatic N) is 1. The van der Waals surface area contributed by atoms with E-state index in [9.17, 15) is 4.79 Å². The highest BCUT2D eigenvalue weighted by Crippen LogP contribution is 2.36. The first-order valence-electron chi connectivity index (χ1n) is 9.06. The number of halogens is 1. The molecule has 1 heterocycles. The van der Waals surface area contributed by atoms with E-state index in [1.165, 1.54) is 6.42 Å². The fourth-order valence-electron chi connectivity index (χ4n) is 3.67. The number of carbonyl (C=O) groups is 1. The van der Waals surface area contributed by atoms with Crippen molar-refractivity contribution in [1.29, 1.82) is 0 Å². The van der Waals surface area contributed by atoms with E-state index in [1.807, 2.05) is 60.7 Å². The lowest BCUT2D eigenvalue weighted by Crippen LogP contribution is -2.30. The van der Waals surface area contributed by atoms with Gasteiger partial charge >= 0.3 is 0 Å². The quantitative estimate of drug-likeness (QED) is 0.643. The summed E-state index contributed by atoms with van der Waals surface area (Å²) in [5, 5.41) is 5.79. The number of amides is 1. The van der Waals surface area contributed by atoms with E-state index in [0.717, 1.165) is 48.1 Å². The van der Waals surface area contributed by atoms with Gasteiger partial charge in [-0.1, -0.05) is 54.1 Å². The Bertz CT molecular complexity index is 943. The van der Waals surface area contributed by atoms with Gasteiger partial charge in [-0.05, 0) is 48.2 Å². The van der Waals surface area contributed by atoms with Crippen molar-refractivity contribution in [3.8, 4) is 0 Å². The summed E-state index contributed by atoms with van der Waals surface area (Å²) in [4.78, 5) is 15.3. The van der Waals surface area contributed by atoms with Crippen LogP contribution >= 0.6 is 11.6 Å². The standard InChI is InChI=1S/C22H21ClN2O/c23-19-12-7-13-20(21(19)25-14-4-1-5-15-25)24-22(26)18-11-6-9-16-8-2-3-10-17(16)18/h2-3,6-13H,1,4-5,14-15H2,(H,24,26). The van der Waals surface area contributed by atoms with Crippen molar-refractivity contribution in [2.24, 2.45) is 0 Å². The van der Waals surface area contributed by atoms with Crippen LogP contribution in [0, 0.1) is 0 Å². The zero-order valence-corrected chi connectivity index (χ0v) is 15.3. The summed E-state index contributed by atoms with van der Waals surface area (Å²) in [6, 6.07) is 19.4. The highest BCUT2D eigenvalue weighted by molar-refractivity contribution is 6.34. The van der Waals surface area contributed by atoms with Gasteiger partial charge < -0.3 is 10.2 Å². The molecule has 1 saturated heterocycles. The van der Waals surface area contributed by atoms with E-state index in [0.29, 0.717) is 10.6 Å². The summed E-state index contributed by atoms with van der Waals surface area (Å²) in [6.45, 7) is 1.95. The zero-order valence-electron chi connectivity index (χ0n) is 14.5. The normalized spacial score (nSPS) is 14.4. The average molecular weight is 365 g/mol. The van der Waals surface area contributed by atoms with Crippen LogP contribution < -0.4 is 10.2 Å². The molecule has 0 atom stereocenters. The molecule has 1 amide bonds. The van der Waals surface area contributed by atoms with Gasteiger partial charge in [-0.2, -0.15) is 0 Å². The largest absolute Gasteiger partial charge is 0.369 e. The number of hydrogen-bond acceptors (Lipinski definition) is 2. The highest BCUT2D eigenvalue weighted by atomic mass is 35.5. The van der Waals surface area contributed by atoms with Gasteiger partial charge in [0.05, 0.1) is 16.4 Å². The SMILES string of the molecule is O=C(Nc1cccc(Cl)c1N1CCCCC1)c1cccc2ccccc12. The van der Waals surface area contributed by atoms with Crippen molar-refractivity contribution in [3.63, 3.8) is 0 Å². The van der Waals surface area contributed by atoms with Crippen molar-refractivity contribution in [1.82, 2.24) is 0 Å². The third kappa shape index (κ3) is 3.27. The lowest BCUT2D eigenvalue weighted by molar-refractivity contribution is 0.102. The number of benzene rings is 3. The van der Waals surface area contributed by atoms with Crippen LogP contribution in [0.15, 0.2) is 60.7 Å². The Labute approximate surface area is 158 Å². The lowest BCUT2D eigenvalue weighted by atomic mass is 10.0. The van der Waals surface area contributed by atoms with Gasteiger partial charge in [0.25, 0.3) is 5.91 Å². The van der Waals surface area contributed by atoms with Gasteiger partial charge in [0.1, 0.15) is 0 Å². The summed E-state index contributed by atoms with van der Waals surface area (Å²) >= 11 is 6.49. The predicted octanol–water partition coefficient (Wildman–Crippen LogP) is 5.74. The Morgan fingerprint density at radius 1 is 0.885 bits per heavy atom. The summed E-state index contributed by atoms with van der Waals surface area (Å²) in [5.74, 6) is -0.109. The maximum absolute atomic E-state index is 13.0. The maximum Gasteiger partial charge on any atom is 0.256 e. The second-order valence-electron chi connectivity index (χ2n) is 6.66. The number of rotatable bonds is 3. The molecule has 1 fully saturated rings. The molecule has 4 rings (SSSR count). The number of fused-ring (bicyclic) bond motifs is 1. The number of hydrogen-bond donors (Lipinski definition) is 1. The van der Waals surface area contributed by atoms with E-state index in [2.05, 4.69) is 10.2 Å². The van der Waals surface area contributed by atoms with Gasteiger partial charge in [0.2, 0.25) is 0 Å². The van der Waals surface area contributed by atoms with E-state index >= 15 is 0 Å². The van der Waals surface area contributed by atoms with Gasteiger partial charge in [-0.15, -0.1) is 0 Å². The molecule has 0 saturated carbocycles. The van der Waals surface area contributed by atoms with Crippen molar-refractivity contribution in [2.45, 2.75) is 19.3 Å². The summed E-state index contributed by atoms with van der Waals surface area (Å²) in [7, 11) is 0. The number of anilines is 2. The number of carbonyl (C=O) groups excluding carboxylic acids is 1. The first kappa shape index (κ1) is 16.9. The van der Waals surface area contributed by atoms with Crippen molar-refractivity contribution in [2.75, 3.05) is 23.3 Å². The molecular formula is C22H21ClN2O. The molecule has 0 aromatic heterocycles. The molecule has 3 aromatic carbocycles.